The van der Waals surface area contributed by atoms with Gasteiger partial charge in [0.1, 0.15) is 18.3 Å². The van der Waals surface area contributed by atoms with E-state index in [-0.39, 0.29) is 5.41 Å². The number of aliphatic hydroxyl groups excluding tert-OH is 3. The second-order valence-electron chi connectivity index (χ2n) is 15.5. The number of rotatable bonds is 8. The van der Waals surface area contributed by atoms with E-state index in [4.69, 9.17) is 9.47 Å². The molecule has 0 radical (unpaired) electrons. The maximum atomic E-state index is 12.4. The molecule has 0 unspecified atom stereocenters. The largest absolute Gasteiger partial charge is 0.391 e. The summed E-state index contributed by atoms with van der Waals surface area (Å²) in [6.07, 6.45) is 7.98. The highest BCUT2D eigenvalue weighted by Gasteiger charge is 2.67. The highest BCUT2D eigenvalue weighted by atomic mass is 16.7. The van der Waals surface area contributed by atoms with E-state index in [1.807, 2.05) is 0 Å². The Balaban J connectivity index is 1.30. The van der Waals surface area contributed by atoms with Crippen molar-refractivity contribution in [2.24, 2.45) is 46.3 Å². The van der Waals surface area contributed by atoms with Crippen LogP contribution in [0, 0.1) is 46.3 Å². The molecule has 39 heavy (non-hydrogen) atoms. The van der Waals surface area contributed by atoms with Crippen LogP contribution in [0.3, 0.4) is 0 Å². The lowest BCUT2D eigenvalue weighted by Crippen LogP contribution is -2.67. The number of ether oxygens (including phenoxy) is 2. The van der Waals surface area contributed by atoms with E-state index in [1.54, 1.807) is 6.92 Å². The molecule has 5 aliphatic rings. The van der Waals surface area contributed by atoms with Crippen molar-refractivity contribution in [2.75, 3.05) is 0 Å². The monoisotopic (exact) mass is 550 g/mol. The van der Waals surface area contributed by atoms with Gasteiger partial charge < -0.3 is 29.9 Å². The van der Waals surface area contributed by atoms with E-state index in [2.05, 4.69) is 34.6 Å². The summed E-state index contributed by atoms with van der Waals surface area (Å²) in [6.45, 7) is 13.7. The summed E-state index contributed by atoms with van der Waals surface area (Å²) in [6, 6.07) is 0. The lowest BCUT2D eigenvalue weighted by Gasteiger charge is -2.65. The van der Waals surface area contributed by atoms with Crippen molar-refractivity contribution in [3.05, 3.63) is 0 Å². The van der Waals surface area contributed by atoms with Crippen LogP contribution in [0.5, 0.6) is 0 Å². The quantitative estimate of drug-likeness (QED) is 0.321. The summed E-state index contributed by atoms with van der Waals surface area (Å²) in [5, 5.41) is 43.5. The van der Waals surface area contributed by atoms with Crippen molar-refractivity contribution in [1.29, 1.82) is 0 Å². The van der Waals surface area contributed by atoms with Crippen LogP contribution in [0.4, 0.5) is 0 Å². The molecule has 5 fully saturated rings. The maximum absolute atomic E-state index is 12.4. The summed E-state index contributed by atoms with van der Waals surface area (Å²) >= 11 is 0. The smallest absolute Gasteiger partial charge is 0.187 e. The molecule has 0 aromatic rings. The first-order chi connectivity index (χ1) is 18.3. The third-order valence-corrected chi connectivity index (χ3v) is 13.0. The van der Waals surface area contributed by atoms with Crippen LogP contribution in [-0.2, 0) is 9.47 Å². The van der Waals surface area contributed by atoms with Crippen molar-refractivity contribution in [3.8, 4) is 0 Å². The summed E-state index contributed by atoms with van der Waals surface area (Å²) in [5.41, 5.74) is -0.783. The molecule has 1 aliphatic heterocycles. The standard InChI is InChI=1S/C33H58O6/c1-19(2)9-7-10-20(3)23-12-13-24-22-14-18-33(37)26(38-30-28(36)27(35)29(39-30)21(4)34)11-8-16-32(33,6)25(22)15-17-31(23,24)5/h19-30,34-37H,7-18H2,1-6H3/t20-,21+,22+,23-,24+,25+,26+,27+,28+,29-,30+,31-,32-,33-/m1/s1. The van der Waals surface area contributed by atoms with Crippen molar-refractivity contribution < 1.29 is 29.9 Å². The fourth-order valence-electron chi connectivity index (χ4n) is 10.8. The van der Waals surface area contributed by atoms with Crippen LogP contribution in [0.15, 0.2) is 0 Å². The Bertz CT molecular complexity index is 848. The first-order valence-electron chi connectivity index (χ1n) is 16.4. The van der Waals surface area contributed by atoms with Crippen LogP contribution >= 0.6 is 0 Å². The number of hydrogen-bond donors (Lipinski definition) is 4. The van der Waals surface area contributed by atoms with E-state index >= 15 is 0 Å². The number of fused-ring (bicyclic) bond motifs is 5. The molecule has 0 bridgehead atoms. The first kappa shape index (κ1) is 30.2. The fraction of sp³-hybridized carbons (Fsp3) is 1.00. The molecule has 0 aromatic carbocycles. The van der Waals surface area contributed by atoms with Gasteiger partial charge in [-0.2, -0.15) is 0 Å². The third kappa shape index (κ3) is 4.95. The second-order valence-corrected chi connectivity index (χ2v) is 15.5. The molecule has 1 saturated heterocycles. The zero-order valence-corrected chi connectivity index (χ0v) is 25.5. The lowest BCUT2D eigenvalue weighted by molar-refractivity contribution is -0.296. The van der Waals surface area contributed by atoms with E-state index in [0.717, 1.165) is 55.8 Å². The Morgan fingerprint density at radius 1 is 0.872 bits per heavy atom. The normalized spacial score (nSPS) is 51.3. The van der Waals surface area contributed by atoms with Gasteiger partial charge in [-0.15, -0.1) is 0 Å². The summed E-state index contributed by atoms with van der Waals surface area (Å²) in [5.74, 6) is 4.30. The van der Waals surface area contributed by atoms with E-state index in [0.29, 0.717) is 17.3 Å². The van der Waals surface area contributed by atoms with Crippen LogP contribution in [0.1, 0.15) is 119 Å². The molecule has 0 spiro atoms. The average molecular weight is 551 g/mol. The Kier molecular flexibility index (Phi) is 8.61. The van der Waals surface area contributed by atoms with Crippen LogP contribution in [0.25, 0.3) is 0 Å². The Morgan fingerprint density at radius 2 is 1.62 bits per heavy atom. The fourth-order valence-corrected chi connectivity index (χ4v) is 10.8. The minimum atomic E-state index is -1.23. The number of aliphatic hydroxyl groups is 4. The minimum absolute atomic E-state index is 0.229. The highest BCUT2D eigenvalue weighted by Crippen LogP contribution is 2.69. The molecule has 4 N–H and O–H groups in total. The second kappa shape index (κ2) is 11.1. The molecular formula is C33H58O6. The Labute approximate surface area is 237 Å². The Morgan fingerprint density at radius 3 is 2.28 bits per heavy atom. The van der Waals surface area contributed by atoms with Gasteiger partial charge in [0.05, 0.1) is 17.8 Å². The lowest BCUT2D eigenvalue weighted by atomic mass is 9.42. The molecule has 5 rings (SSSR count). The van der Waals surface area contributed by atoms with Gasteiger partial charge in [0.2, 0.25) is 0 Å². The van der Waals surface area contributed by atoms with Crippen LogP contribution in [0.2, 0.25) is 0 Å². The summed E-state index contributed by atoms with van der Waals surface area (Å²) in [7, 11) is 0. The molecule has 0 amide bonds. The summed E-state index contributed by atoms with van der Waals surface area (Å²) in [4.78, 5) is 0. The molecule has 0 aromatic heterocycles. The van der Waals surface area contributed by atoms with Gasteiger partial charge in [0.15, 0.2) is 6.29 Å². The highest BCUT2D eigenvalue weighted by molar-refractivity contribution is 5.16. The molecule has 6 nitrogen and oxygen atoms in total. The van der Waals surface area contributed by atoms with Gasteiger partial charge in [-0.05, 0) is 99.2 Å². The van der Waals surface area contributed by atoms with Crippen molar-refractivity contribution >= 4 is 0 Å². The third-order valence-electron chi connectivity index (χ3n) is 13.0. The van der Waals surface area contributed by atoms with Crippen molar-refractivity contribution in [3.63, 3.8) is 0 Å². The predicted octanol–water partition coefficient (Wildman–Crippen LogP) is 5.44. The average Bonchev–Trinajstić information content (AvgIpc) is 3.36. The maximum Gasteiger partial charge on any atom is 0.187 e. The molecule has 14 atom stereocenters. The van der Waals surface area contributed by atoms with E-state index in [9.17, 15) is 20.4 Å². The van der Waals surface area contributed by atoms with E-state index < -0.39 is 42.4 Å². The number of hydrogen-bond acceptors (Lipinski definition) is 6. The molecular weight excluding hydrogens is 492 g/mol. The molecule has 6 heteroatoms. The van der Waals surface area contributed by atoms with Crippen molar-refractivity contribution in [1.82, 2.24) is 0 Å². The molecule has 4 aliphatic carbocycles. The minimum Gasteiger partial charge on any atom is -0.391 e. The zero-order chi connectivity index (χ0) is 28.3. The molecule has 226 valence electrons. The predicted molar refractivity (Wildman–Crippen MR) is 152 cm³/mol. The first-order valence-corrected chi connectivity index (χ1v) is 16.4. The molecule has 4 saturated carbocycles. The van der Waals surface area contributed by atoms with Gasteiger partial charge in [-0.25, -0.2) is 0 Å². The summed E-state index contributed by atoms with van der Waals surface area (Å²) < 4.78 is 12.1. The SMILES string of the molecule is CC(C)CCC[C@@H](C)[C@H]1CC[C@H]2[C@@H]3CC[C@@]4(O)[C@@H](O[C@H]5O[C@H]([C@H](C)O)[C@@H](O)[C@@H]5O)CCC[C@]4(C)[C@H]3CC[C@]12C. The van der Waals surface area contributed by atoms with Gasteiger partial charge in [0, 0.05) is 5.41 Å². The Hall–Kier alpha value is -0.240. The molecule has 1 heterocycles. The van der Waals surface area contributed by atoms with Gasteiger partial charge in [-0.1, -0.05) is 60.3 Å². The van der Waals surface area contributed by atoms with Gasteiger partial charge in [-0.3, -0.25) is 0 Å². The van der Waals surface area contributed by atoms with E-state index in [1.165, 1.54) is 44.9 Å². The van der Waals surface area contributed by atoms with Crippen LogP contribution in [-0.4, -0.2) is 62.8 Å². The van der Waals surface area contributed by atoms with Crippen molar-refractivity contribution in [2.45, 2.75) is 161 Å². The zero-order valence-electron chi connectivity index (χ0n) is 25.5. The topological polar surface area (TPSA) is 99.4 Å². The van der Waals surface area contributed by atoms with Gasteiger partial charge >= 0.3 is 0 Å². The van der Waals surface area contributed by atoms with Gasteiger partial charge in [0.25, 0.3) is 0 Å². The van der Waals surface area contributed by atoms with Crippen LogP contribution < -0.4 is 0 Å².